The highest BCUT2D eigenvalue weighted by molar-refractivity contribution is 5.79. The van der Waals surface area contributed by atoms with Gasteiger partial charge in [-0.2, -0.15) is 0 Å². The summed E-state index contributed by atoms with van der Waals surface area (Å²) in [5.41, 5.74) is 1.07. The summed E-state index contributed by atoms with van der Waals surface area (Å²) in [5.74, 6) is 0.401. The number of rotatable bonds is 6. The summed E-state index contributed by atoms with van der Waals surface area (Å²) in [6.07, 6.45) is 2.62. The van der Waals surface area contributed by atoms with Crippen molar-refractivity contribution in [2.75, 3.05) is 20.2 Å². The number of benzene rings is 1. The summed E-state index contributed by atoms with van der Waals surface area (Å²) in [6, 6.07) is 7.76. The fraction of sp³-hybridized carbons (Fsp3) is 0.579. The molecule has 130 valence electrons. The van der Waals surface area contributed by atoms with Crippen LogP contribution in [-0.2, 0) is 9.59 Å². The number of carbonyl (C=O) groups is 2. The van der Waals surface area contributed by atoms with E-state index in [1.807, 2.05) is 31.2 Å². The van der Waals surface area contributed by atoms with Crippen molar-refractivity contribution in [3.05, 3.63) is 29.8 Å². The average Bonchev–Trinajstić information content (AvgIpc) is 3.32. The zero-order valence-electron chi connectivity index (χ0n) is 14.3. The van der Waals surface area contributed by atoms with E-state index in [-0.39, 0.29) is 17.7 Å². The van der Waals surface area contributed by atoms with Crippen LogP contribution in [0.25, 0.3) is 0 Å². The Morgan fingerprint density at radius 3 is 2.71 bits per heavy atom. The number of ether oxygens (including phenoxy) is 1. The van der Waals surface area contributed by atoms with Gasteiger partial charge in [0, 0.05) is 19.5 Å². The number of aliphatic carboxylic acids is 1. The Morgan fingerprint density at radius 1 is 1.33 bits per heavy atom. The zero-order chi connectivity index (χ0) is 17.3. The lowest BCUT2D eigenvalue weighted by Gasteiger charge is -2.19. The lowest BCUT2D eigenvalue weighted by Crippen LogP contribution is -2.30. The minimum atomic E-state index is -0.761. The SMILES string of the molecule is COc1cccc(C(C)CC(=O)N2C[C@H](C(=O)O)[C@@H](C3CC3)C2)c1. The second-order valence-corrected chi connectivity index (χ2v) is 7.13. The van der Waals surface area contributed by atoms with Gasteiger partial charge in [-0.15, -0.1) is 0 Å². The van der Waals surface area contributed by atoms with E-state index in [1.54, 1.807) is 12.0 Å². The Kier molecular flexibility index (Phi) is 4.78. The van der Waals surface area contributed by atoms with E-state index in [1.165, 1.54) is 0 Å². The molecule has 1 N–H and O–H groups in total. The first kappa shape index (κ1) is 16.8. The number of carbonyl (C=O) groups excluding carboxylic acids is 1. The fourth-order valence-corrected chi connectivity index (χ4v) is 3.75. The average molecular weight is 331 g/mol. The van der Waals surface area contributed by atoms with Crippen LogP contribution in [0.15, 0.2) is 24.3 Å². The monoisotopic (exact) mass is 331 g/mol. The first-order valence-electron chi connectivity index (χ1n) is 8.64. The molecule has 1 aliphatic heterocycles. The van der Waals surface area contributed by atoms with Crippen LogP contribution in [0.1, 0.15) is 37.7 Å². The molecule has 0 bridgehead atoms. The summed E-state index contributed by atoms with van der Waals surface area (Å²) < 4.78 is 5.24. The third-order valence-electron chi connectivity index (χ3n) is 5.41. The second kappa shape index (κ2) is 6.83. The molecule has 5 heteroatoms. The van der Waals surface area contributed by atoms with Crippen molar-refractivity contribution in [1.29, 1.82) is 0 Å². The third-order valence-corrected chi connectivity index (χ3v) is 5.41. The van der Waals surface area contributed by atoms with Gasteiger partial charge in [0.15, 0.2) is 0 Å². The van der Waals surface area contributed by atoms with Crippen LogP contribution in [0, 0.1) is 17.8 Å². The van der Waals surface area contributed by atoms with Gasteiger partial charge in [-0.05, 0) is 48.3 Å². The topological polar surface area (TPSA) is 66.8 Å². The van der Waals surface area contributed by atoms with Crippen molar-refractivity contribution in [3.63, 3.8) is 0 Å². The number of carboxylic acids is 1. The van der Waals surface area contributed by atoms with Crippen LogP contribution < -0.4 is 4.74 Å². The van der Waals surface area contributed by atoms with Crippen LogP contribution >= 0.6 is 0 Å². The molecule has 1 saturated heterocycles. The van der Waals surface area contributed by atoms with Gasteiger partial charge in [-0.1, -0.05) is 19.1 Å². The highest BCUT2D eigenvalue weighted by Crippen LogP contribution is 2.44. The van der Waals surface area contributed by atoms with Gasteiger partial charge in [0.1, 0.15) is 5.75 Å². The molecule has 1 unspecified atom stereocenters. The molecule has 0 radical (unpaired) electrons. The van der Waals surface area contributed by atoms with Gasteiger partial charge in [0.25, 0.3) is 0 Å². The van der Waals surface area contributed by atoms with E-state index >= 15 is 0 Å². The largest absolute Gasteiger partial charge is 0.497 e. The molecule has 2 fully saturated rings. The predicted molar refractivity (Wildman–Crippen MR) is 89.9 cm³/mol. The first-order valence-corrected chi connectivity index (χ1v) is 8.64. The molecule has 3 atom stereocenters. The molecule has 24 heavy (non-hydrogen) atoms. The number of likely N-dealkylation sites (tertiary alicyclic amines) is 1. The molecule has 0 aromatic heterocycles. The Labute approximate surface area is 142 Å². The molecule has 1 heterocycles. The van der Waals surface area contributed by atoms with Crippen molar-refractivity contribution in [1.82, 2.24) is 4.90 Å². The molecule has 1 aromatic carbocycles. The summed E-state index contributed by atoms with van der Waals surface area (Å²) in [4.78, 5) is 25.9. The number of hydrogen-bond donors (Lipinski definition) is 1. The van der Waals surface area contributed by atoms with Gasteiger partial charge < -0.3 is 14.7 Å². The van der Waals surface area contributed by atoms with E-state index in [4.69, 9.17) is 4.74 Å². The Bertz CT molecular complexity index is 626. The summed E-state index contributed by atoms with van der Waals surface area (Å²) in [5, 5.41) is 9.43. The van der Waals surface area contributed by atoms with Crippen molar-refractivity contribution in [2.24, 2.45) is 17.8 Å². The van der Waals surface area contributed by atoms with Crippen LogP contribution in [-0.4, -0.2) is 42.1 Å². The minimum absolute atomic E-state index is 0.0553. The minimum Gasteiger partial charge on any atom is -0.497 e. The molecular weight excluding hydrogens is 306 g/mol. The highest BCUT2D eigenvalue weighted by Gasteiger charge is 2.46. The molecule has 1 aliphatic carbocycles. The normalized spacial score (nSPS) is 24.7. The molecule has 2 aliphatic rings. The van der Waals surface area contributed by atoms with Crippen LogP contribution in [0.5, 0.6) is 5.75 Å². The molecule has 1 saturated carbocycles. The lowest BCUT2D eigenvalue weighted by atomic mass is 9.92. The summed E-state index contributed by atoms with van der Waals surface area (Å²) in [6.45, 7) is 2.99. The first-order chi connectivity index (χ1) is 11.5. The second-order valence-electron chi connectivity index (χ2n) is 7.13. The number of amides is 1. The molecule has 1 amide bonds. The van der Waals surface area contributed by atoms with E-state index < -0.39 is 11.9 Å². The maximum Gasteiger partial charge on any atom is 0.308 e. The fourth-order valence-electron chi connectivity index (χ4n) is 3.75. The highest BCUT2D eigenvalue weighted by atomic mass is 16.5. The van der Waals surface area contributed by atoms with E-state index in [2.05, 4.69) is 0 Å². The molecule has 0 spiro atoms. The van der Waals surface area contributed by atoms with Gasteiger partial charge in [-0.25, -0.2) is 0 Å². The van der Waals surface area contributed by atoms with E-state index in [9.17, 15) is 14.7 Å². The quantitative estimate of drug-likeness (QED) is 0.870. The number of methoxy groups -OCH3 is 1. The van der Waals surface area contributed by atoms with Gasteiger partial charge in [0.05, 0.1) is 13.0 Å². The van der Waals surface area contributed by atoms with Crippen LogP contribution in [0.4, 0.5) is 0 Å². The van der Waals surface area contributed by atoms with Crippen molar-refractivity contribution in [3.8, 4) is 5.75 Å². The van der Waals surface area contributed by atoms with E-state index in [0.717, 1.165) is 24.2 Å². The lowest BCUT2D eigenvalue weighted by molar-refractivity contribution is -0.142. The summed E-state index contributed by atoms with van der Waals surface area (Å²) in [7, 11) is 1.63. The maximum atomic E-state index is 12.6. The van der Waals surface area contributed by atoms with Crippen LogP contribution in [0.3, 0.4) is 0 Å². The number of carboxylic acid groups (broad SMARTS) is 1. The number of hydrogen-bond acceptors (Lipinski definition) is 3. The van der Waals surface area contributed by atoms with Crippen LogP contribution in [0.2, 0.25) is 0 Å². The van der Waals surface area contributed by atoms with Crippen molar-refractivity contribution >= 4 is 11.9 Å². The third kappa shape index (κ3) is 3.55. The molecule has 5 nitrogen and oxygen atoms in total. The zero-order valence-corrected chi connectivity index (χ0v) is 14.3. The predicted octanol–water partition coefficient (Wildman–Crippen LogP) is 2.76. The standard InChI is InChI=1S/C19H25NO4/c1-12(14-4-3-5-15(9-14)24-2)8-18(21)20-10-16(13-6-7-13)17(11-20)19(22)23/h3-5,9,12-13,16-17H,6-8,10-11H2,1-2H3,(H,22,23)/t12?,16-,17+/m1/s1. The van der Waals surface area contributed by atoms with Gasteiger partial charge in [0.2, 0.25) is 5.91 Å². The maximum absolute atomic E-state index is 12.6. The Balaban J connectivity index is 1.63. The van der Waals surface area contributed by atoms with Gasteiger partial charge >= 0.3 is 5.97 Å². The molecule has 3 rings (SSSR count). The van der Waals surface area contributed by atoms with Crippen molar-refractivity contribution in [2.45, 2.75) is 32.1 Å². The number of nitrogens with zero attached hydrogens (tertiary/aromatic N) is 1. The molecular formula is C19H25NO4. The Hall–Kier alpha value is -2.04. The summed E-state index contributed by atoms with van der Waals surface area (Å²) >= 11 is 0. The van der Waals surface area contributed by atoms with E-state index in [0.29, 0.717) is 25.4 Å². The Morgan fingerprint density at radius 2 is 2.08 bits per heavy atom. The van der Waals surface area contributed by atoms with Crippen molar-refractivity contribution < 1.29 is 19.4 Å². The molecule has 1 aromatic rings. The smallest absolute Gasteiger partial charge is 0.308 e. The van der Waals surface area contributed by atoms with Gasteiger partial charge in [-0.3, -0.25) is 9.59 Å².